The largest absolute Gasteiger partial charge is 1.00 e. The van der Waals surface area contributed by atoms with Crippen molar-refractivity contribution in [2.45, 2.75) is 91.4 Å². The van der Waals surface area contributed by atoms with Crippen LogP contribution in [-0.2, 0) is 16.0 Å². The Morgan fingerprint density at radius 3 is 1.87 bits per heavy atom. The summed E-state index contributed by atoms with van der Waals surface area (Å²) in [6.45, 7) is 7.47. The fraction of sp³-hybridized carbons (Fsp3) is 0.731. The Bertz CT molecular complexity index is 499. The number of carbonyl (C=O) groups excluding carboxylic acids is 1. The first kappa shape index (κ1) is 29.6. The van der Waals surface area contributed by atoms with E-state index in [2.05, 4.69) is 51.1 Å². The predicted molar refractivity (Wildman–Crippen MR) is 131 cm³/mol. The number of ether oxygens (including phenoxy) is 1. The van der Waals surface area contributed by atoms with Crippen molar-refractivity contribution in [2.75, 3.05) is 31.3 Å². The number of carbonyl (C=O) groups is 1. The van der Waals surface area contributed by atoms with E-state index in [4.69, 9.17) is 4.74 Å². The summed E-state index contributed by atoms with van der Waals surface area (Å²) in [5.41, 5.74) is 1.40. The molecule has 0 bridgehead atoms. The average molecular weight is 502 g/mol. The Morgan fingerprint density at radius 1 is 0.767 bits per heavy atom. The molecule has 0 fully saturated rings. The van der Waals surface area contributed by atoms with Crippen molar-refractivity contribution in [1.82, 2.24) is 0 Å². The Kier molecular flexibility index (Phi) is 19.0. The molecule has 1 rings (SSSR count). The normalized spacial score (nSPS) is 11.2. The predicted octanol–water partition coefficient (Wildman–Crippen LogP) is 4.75. The third-order valence-corrected chi connectivity index (χ3v) is 10.9. The van der Waals surface area contributed by atoms with Gasteiger partial charge < -0.3 is 21.7 Å². The smallest absolute Gasteiger partial charge is 0.309 e. The zero-order chi connectivity index (χ0) is 21.2. The number of esters is 1. The highest BCUT2D eigenvalue weighted by Gasteiger charge is 2.35. The number of unbranched alkanes of at least 4 members (excludes halogenated alkanes) is 5. The molecule has 2 nitrogen and oxygen atoms in total. The third-order valence-electron chi connectivity index (χ3n) is 5.96. The van der Waals surface area contributed by atoms with Crippen LogP contribution in [0.4, 0.5) is 0 Å². The van der Waals surface area contributed by atoms with Gasteiger partial charge in [-0.25, -0.2) is 0 Å². The van der Waals surface area contributed by atoms with Gasteiger partial charge in [-0.1, -0.05) is 70.4 Å². The topological polar surface area (TPSA) is 26.3 Å². The minimum Gasteiger partial charge on any atom is -1.00 e. The van der Waals surface area contributed by atoms with Crippen LogP contribution in [0.3, 0.4) is 0 Å². The molecule has 0 aliphatic carbocycles. The second-order valence-corrected chi connectivity index (χ2v) is 13.0. The first-order valence-electron chi connectivity index (χ1n) is 12.2. The molecular weight excluding hydrogens is 455 g/mol. The van der Waals surface area contributed by atoms with E-state index in [-0.39, 0.29) is 23.0 Å². The van der Waals surface area contributed by atoms with Crippen molar-refractivity contribution in [3.8, 4) is 0 Å². The monoisotopic (exact) mass is 500 g/mol. The van der Waals surface area contributed by atoms with Gasteiger partial charge in [-0.2, -0.15) is 0 Å². The van der Waals surface area contributed by atoms with E-state index in [1.807, 2.05) is 0 Å². The van der Waals surface area contributed by atoms with Gasteiger partial charge in [0.2, 0.25) is 0 Å². The van der Waals surface area contributed by atoms with Gasteiger partial charge in [0.1, 0.15) is 0 Å². The average Bonchev–Trinajstić information content (AvgIpc) is 2.76. The molecule has 0 spiro atoms. The highest BCUT2D eigenvalue weighted by molar-refractivity contribution is 7.75. The molecule has 30 heavy (non-hydrogen) atoms. The molecule has 1 aromatic carbocycles. The highest BCUT2D eigenvalue weighted by Crippen LogP contribution is 2.61. The van der Waals surface area contributed by atoms with Crippen LogP contribution in [-0.4, -0.2) is 37.2 Å². The van der Waals surface area contributed by atoms with Gasteiger partial charge in [0, 0.05) is 7.26 Å². The molecule has 0 aromatic heterocycles. The van der Waals surface area contributed by atoms with E-state index in [1.165, 1.54) is 69.0 Å². The fourth-order valence-electron chi connectivity index (χ4n) is 3.99. The summed E-state index contributed by atoms with van der Waals surface area (Å²) in [7, 11) is -0.984. The van der Waals surface area contributed by atoms with Gasteiger partial charge in [-0.15, -0.1) is 0 Å². The fourth-order valence-corrected chi connectivity index (χ4v) is 8.95. The van der Waals surface area contributed by atoms with Gasteiger partial charge >= 0.3 is 5.97 Å². The summed E-state index contributed by atoms with van der Waals surface area (Å²) >= 11 is 0. The Labute approximate surface area is 198 Å². The Balaban J connectivity index is 0.00000841. The van der Waals surface area contributed by atoms with Gasteiger partial charge in [-0.05, 0) is 50.5 Å². The Morgan fingerprint density at radius 2 is 1.33 bits per heavy atom. The number of hydrogen-bond donors (Lipinski definition) is 0. The van der Waals surface area contributed by atoms with E-state index in [0.29, 0.717) is 13.0 Å². The lowest BCUT2D eigenvalue weighted by Crippen LogP contribution is -3.00. The van der Waals surface area contributed by atoms with Crippen molar-refractivity contribution in [3.05, 3.63) is 35.9 Å². The van der Waals surface area contributed by atoms with Gasteiger partial charge in [-0.3, -0.25) is 4.79 Å². The van der Waals surface area contributed by atoms with Crippen molar-refractivity contribution >= 4 is 13.2 Å². The first-order chi connectivity index (χ1) is 14.2. The van der Waals surface area contributed by atoms with Crippen LogP contribution in [0.25, 0.3) is 0 Å². The Hall–Kier alpha value is -0.400. The number of rotatable bonds is 18. The van der Waals surface area contributed by atoms with Crippen LogP contribution in [0, 0.1) is 0 Å². The maximum atomic E-state index is 12.4. The molecule has 0 aliphatic rings. The van der Waals surface area contributed by atoms with Crippen LogP contribution in [0.2, 0.25) is 0 Å². The lowest BCUT2D eigenvalue weighted by Gasteiger charge is -2.27. The molecule has 1 aromatic rings. The molecule has 0 saturated heterocycles. The number of hydrogen-bond acceptors (Lipinski definition) is 2. The summed E-state index contributed by atoms with van der Waals surface area (Å²) < 4.78 is 5.58. The quantitative estimate of drug-likeness (QED) is 0.165. The van der Waals surface area contributed by atoms with Crippen LogP contribution in [0.5, 0.6) is 0 Å². The highest BCUT2D eigenvalue weighted by atomic mass is 79.9. The summed E-state index contributed by atoms with van der Waals surface area (Å²) in [5.74, 6) is 0.0435. The molecule has 0 N–H and O–H groups in total. The molecule has 174 valence electrons. The second kappa shape index (κ2) is 19.3. The van der Waals surface area contributed by atoms with Crippen LogP contribution < -0.4 is 17.0 Å². The zero-order valence-electron chi connectivity index (χ0n) is 19.8. The molecule has 0 amide bonds. The molecule has 0 aliphatic heterocycles. The maximum Gasteiger partial charge on any atom is 0.309 e. The van der Waals surface area contributed by atoms with Crippen molar-refractivity contribution in [3.63, 3.8) is 0 Å². The summed E-state index contributed by atoms with van der Waals surface area (Å²) in [6, 6.07) is 10.6. The standard InChI is InChI=1S/C26H46O2P.BrH/c1-4-7-21-29(22-8-5-2,23-9-6-3)24-19-26(27)28-20-15-11-14-18-25-16-12-10-13-17-25;/h10,12-13,16-17H,4-9,11,14-15,18-24H2,1-3H3;1H/q+1;/p-1. The van der Waals surface area contributed by atoms with Crippen LogP contribution >= 0.6 is 7.26 Å². The minimum atomic E-state index is -0.984. The SMILES string of the molecule is CCCC[P+](CCCC)(CCCC)CCC(=O)OCCCCCc1ccccc1.[Br-]. The first-order valence-corrected chi connectivity index (χ1v) is 14.7. The van der Waals surface area contributed by atoms with Crippen LogP contribution in [0.1, 0.15) is 90.5 Å². The number of benzene rings is 1. The molecule has 0 heterocycles. The van der Waals surface area contributed by atoms with E-state index in [0.717, 1.165) is 25.4 Å². The lowest BCUT2D eigenvalue weighted by molar-refractivity contribution is -0.143. The minimum absolute atomic E-state index is 0. The summed E-state index contributed by atoms with van der Waals surface area (Å²) in [6.07, 6.45) is 18.1. The van der Waals surface area contributed by atoms with Crippen molar-refractivity contribution < 1.29 is 26.5 Å². The molecule has 0 atom stereocenters. The van der Waals surface area contributed by atoms with Gasteiger partial charge in [0.25, 0.3) is 0 Å². The number of aryl methyl sites for hydroxylation is 1. The molecule has 0 unspecified atom stereocenters. The van der Waals surface area contributed by atoms with E-state index >= 15 is 0 Å². The summed E-state index contributed by atoms with van der Waals surface area (Å²) in [5, 5.41) is 0. The third kappa shape index (κ3) is 13.8. The van der Waals surface area contributed by atoms with E-state index in [1.54, 1.807) is 0 Å². The molecule has 0 saturated carbocycles. The van der Waals surface area contributed by atoms with Crippen LogP contribution in [0.15, 0.2) is 30.3 Å². The lowest BCUT2D eigenvalue weighted by atomic mass is 10.1. The van der Waals surface area contributed by atoms with E-state index < -0.39 is 7.26 Å². The maximum absolute atomic E-state index is 12.4. The summed E-state index contributed by atoms with van der Waals surface area (Å²) in [4.78, 5) is 12.4. The van der Waals surface area contributed by atoms with Gasteiger partial charge in [0.15, 0.2) is 0 Å². The van der Waals surface area contributed by atoms with E-state index in [9.17, 15) is 4.79 Å². The second-order valence-electron chi connectivity index (χ2n) is 8.56. The van der Waals surface area contributed by atoms with Gasteiger partial charge in [0.05, 0.1) is 37.7 Å². The molecule has 0 radical (unpaired) electrons. The molecule has 4 heteroatoms. The van der Waals surface area contributed by atoms with Crippen molar-refractivity contribution in [1.29, 1.82) is 0 Å². The van der Waals surface area contributed by atoms with Crippen molar-refractivity contribution in [2.24, 2.45) is 0 Å². The zero-order valence-corrected chi connectivity index (χ0v) is 22.3. The number of halogens is 1. The molecular formula is C26H46BrO2P.